The van der Waals surface area contributed by atoms with Crippen LogP contribution in [0.4, 0.5) is 17.2 Å². The number of aromatic nitrogens is 2. The van der Waals surface area contributed by atoms with Gasteiger partial charge in [0.25, 0.3) is 0 Å². The van der Waals surface area contributed by atoms with E-state index in [1.165, 1.54) is 27.1 Å². The molecule has 4 nitrogen and oxygen atoms in total. The summed E-state index contributed by atoms with van der Waals surface area (Å²) >= 11 is 1.79. The maximum absolute atomic E-state index is 12.8. The maximum Gasteiger partial charge on any atom is 0.138 e. The fourth-order valence-corrected chi connectivity index (χ4v) is 11.6. The minimum Gasteiger partial charge on any atom is -0.507 e. The number of phenols is 1. The van der Waals surface area contributed by atoms with E-state index < -0.39 is 0 Å². The van der Waals surface area contributed by atoms with Crippen LogP contribution in [-0.2, 0) is 27.1 Å². The predicted molar refractivity (Wildman–Crippen MR) is 340 cm³/mol. The molecule has 10 rings (SSSR count). The molecule has 0 aliphatic carbocycles. The lowest BCUT2D eigenvalue weighted by Gasteiger charge is -2.30. The molecule has 79 heavy (non-hydrogen) atoms. The monoisotopic (exact) mass is 1060 g/mol. The Morgan fingerprint density at radius 3 is 1.56 bits per heavy atom. The van der Waals surface area contributed by atoms with Gasteiger partial charge in [-0.2, -0.15) is 0 Å². The van der Waals surface area contributed by atoms with Crippen molar-refractivity contribution in [2.75, 3.05) is 4.90 Å². The molecule has 5 heteroatoms. The third kappa shape index (κ3) is 11.5. The van der Waals surface area contributed by atoms with Gasteiger partial charge in [0.1, 0.15) is 11.6 Å². The van der Waals surface area contributed by atoms with E-state index in [4.69, 9.17) is 9.97 Å². The molecule has 0 aliphatic rings. The van der Waals surface area contributed by atoms with Crippen LogP contribution >= 0.6 is 11.3 Å². The smallest absolute Gasteiger partial charge is 0.138 e. The molecular formula is C74H77N3OS. The fraction of sp³-hybridized carbons (Fsp3) is 0.270. The molecule has 0 unspecified atom stereocenters. The number of aromatic hydroxyl groups is 1. The van der Waals surface area contributed by atoms with E-state index in [-0.39, 0.29) is 32.8 Å². The number of hydrogen-bond donors (Lipinski definition) is 1. The van der Waals surface area contributed by atoms with E-state index in [9.17, 15) is 5.11 Å². The first kappa shape index (κ1) is 54.7. The van der Waals surface area contributed by atoms with Crippen molar-refractivity contribution < 1.29 is 5.11 Å². The molecule has 0 fully saturated rings. The summed E-state index contributed by atoms with van der Waals surface area (Å²) in [6.45, 7) is 33.8. The van der Waals surface area contributed by atoms with Crippen molar-refractivity contribution in [3.63, 3.8) is 0 Å². The molecule has 0 amide bonds. The molecule has 10 aromatic rings. The van der Waals surface area contributed by atoms with Crippen LogP contribution < -0.4 is 4.90 Å². The van der Waals surface area contributed by atoms with E-state index >= 15 is 0 Å². The van der Waals surface area contributed by atoms with E-state index in [0.29, 0.717) is 17.1 Å². The van der Waals surface area contributed by atoms with Crippen LogP contribution in [0.2, 0.25) is 0 Å². The molecule has 0 saturated heterocycles. The van der Waals surface area contributed by atoms with Crippen molar-refractivity contribution in [2.45, 2.75) is 131 Å². The number of rotatable bonds is 9. The number of thiophene rings is 1. The Kier molecular flexibility index (Phi) is 14.3. The normalized spacial score (nSPS) is 12.5. The highest BCUT2D eigenvalue weighted by molar-refractivity contribution is 7.22. The molecule has 1 N–H and O–H groups in total. The summed E-state index contributed by atoms with van der Waals surface area (Å²) in [5, 5.41) is 13.9. The zero-order valence-electron chi connectivity index (χ0n) is 49.1. The van der Waals surface area contributed by atoms with Gasteiger partial charge in [-0.15, -0.1) is 11.3 Å². The molecule has 7 aromatic carbocycles. The highest BCUT2D eigenvalue weighted by Crippen LogP contribution is 2.49. The molecule has 400 valence electrons. The third-order valence-electron chi connectivity index (χ3n) is 15.4. The van der Waals surface area contributed by atoms with Gasteiger partial charge in [-0.05, 0) is 143 Å². The molecule has 0 radical (unpaired) electrons. The first-order valence-corrected chi connectivity index (χ1v) is 28.7. The minimum atomic E-state index is -0.352. The number of benzene rings is 7. The lowest BCUT2D eigenvalue weighted by atomic mass is 9.78. The standard InChI is InChI=1S/C74H77N3OS/c1-70(2,3)55-32-30-49(31-33-55)65-42-50-34-35-75-67(69(50)79-65)54-36-51(47-24-18-16-19-25-47)39-59(40-54)77(64-29-23-22-28-60(64)48-26-20-17-21-27-48)66-43-53(52-37-56(71(4,5)6)44-57(38-52)72(7,8)9)41-63(76-66)61-45-58(73(10,11)12)46-62(68(61)78)74(13,14)15/h16-46,78H,1-15H3. The molecule has 0 spiro atoms. The van der Waals surface area contributed by atoms with Gasteiger partial charge >= 0.3 is 0 Å². The number of phenolic OH excluding ortho intramolecular Hbond substituents is 1. The van der Waals surface area contributed by atoms with Gasteiger partial charge in [0.05, 0.1) is 21.8 Å². The third-order valence-corrected chi connectivity index (χ3v) is 16.6. The van der Waals surface area contributed by atoms with Gasteiger partial charge in [0, 0.05) is 39.0 Å². The second-order valence-electron chi connectivity index (χ2n) is 26.7. The number of pyridine rings is 2. The summed E-state index contributed by atoms with van der Waals surface area (Å²) in [7, 11) is 0. The topological polar surface area (TPSA) is 49.2 Å². The number of hydrogen-bond acceptors (Lipinski definition) is 5. The Bertz CT molecular complexity index is 3820. The SMILES string of the molecule is CC(C)(C)c1ccc(-c2cc3ccnc(-c4cc(-c5ccccc5)cc(N(c5cc(-c6cc(C(C)(C)C)cc(C(C)(C)C)c6)cc(-c6cc(C(C)(C)C)cc(C(C)(C)C)c6O)n5)c5ccccc5-c5ccccc5)c4)c3s2)cc1. The Balaban J connectivity index is 1.31. The highest BCUT2D eigenvalue weighted by Gasteiger charge is 2.29. The summed E-state index contributed by atoms with van der Waals surface area (Å²) in [4.78, 5) is 14.6. The average molecular weight is 1060 g/mol. The number of anilines is 3. The van der Waals surface area contributed by atoms with Gasteiger partial charge in [-0.3, -0.25) is 9.88 Å². The van der Waals surface area contributed by atoms with Gasteiger partial charge in [-0.1, -0.05) is 231 Å². The Hall–Kier alpha value is -7.60. The average Bonchev–Trinajstić information content (AvgIpc) is 4.08. The zero-order chi connectivity index (χ0) is 56.4. The van der Waals surface area contributed by atoms with Gasteiger partial charge in [0.2, 0.25) is 0 Å². The van der Waals surface area contributed by atoms with Gasteiger partial charge < -0.3 is 5.11 Å². The summed E-state index contributed by atoms with van der Waals surface area (Å²) in [5.74, 6) is 0.964. The highest BCUT2D eigenvalue weighted by atomic mass is 32.1. The summed E-state index contributed by atoms with van der Waals surface area (Å²) in [6, 6.07) is 66.3. The molecule has 0 saturated carbocycles. The van der Waals surface area contributed by atoms with Crippen molar-refractivity contribution in [1.82, 2.24) is 9.97 Å². The Labute approximate surface area is 475 Å². The Morgan fingerprint density at radius 2 is 0.949 bits per heavy atom. The number of para-hydroxylation sites is 1. The van der Waals surface area contributed by atoms with Crippen LogP contribution in [-0.4, -0.2) is 15.1 Å². The van der Waals surface area contributed by atoms with Crippen molar-refractivity contribution in [3.8, 4) is 72.1 Å². The summed E-state index contributed by atoms with van der Waals surface area (Å²) in [5.41, 5.74) is 17.9. The Morgan fingerprint density at radius 1 is 0.405 bits per heavy atom. The molecule has 3 aromatic heterocycles. The van der Waals surface area contributed by atoms with E-state index in [1.807, 2.05) is 6.20 Å². The van der Waals surface area contributed by atoms with E-state index in [1.54, 1.807) is 11.3 Å². The number of nitrogens with zero attached hydrogens (tertiary/aromatic N) is 3. The molecule has 0 bridgehead atoms. The molecule has 3 heterocycles. The molecule has 0 aliphatic heterocycles. The van der Waals surface area contributed by atoms with Crippen LogP contribution in [0.5, 0.6) is 5.75 Å². The summed E-state index contributed by atoms with van der Waals surface area (Å²) < 4.78 is 1.13. The van der Waals surface area contributed by atoms with Gasteiger partial charge in [-0.25, -0.2) is 4.98 Å². The molecular weight excluding hydrogens is 979 g/mol. The van der Waals surface area contributed by atoms with Gasteiger partial charge in [0.15, 0.2) is 0 Å². The second-order valence-corrected chi connectivity index (χ2v) is 27.7. The maximum atomic E-state index is 12.8. The first-order valence-electron chi connectivity index (χ1n) is 27.9. The minimum absolute atomic E-state index is 0.0627. The van der Waals surface area contributed by atoms with Crippen LogP contribution in [0.3, 0.4) is 0 Å². The van der Waals surface area contributed by atoms with Crippen molar-refractivity contribution >= 4 is 38.6 Å². The number of fused-ring (bicyclic) bond motifs is 1. The van der Waals surface area contributed by atoms with Crippen LogP contribution in [0.15, 0.2) is 188 Å². The van der Waals surface area contributed by atoms with Crippen LogP contribution in [0.25, 0.3) is 76.4 Å². The lowest BCUT2D eigenvalue weighted by molar-refractivity contribution is 0.446. The quantitative estimate of drug-likeness (QED) is 0.156. The largest absolute Gasteiger partial charge is 0.507 e. The fourth-order valence-electron chi connectivity index (χ4n) is 10.5. The van der Waals surface area contributed by atoms with Crippen molar-refractivity contribution in [1.29, 1.82) is 0 Å². The van der Waals surface area contributed by atoms with E-state index in [0.717, 1.165) is 77.2 Å². The summed E-state index contributed by atoms with van der Waals surface area (Å²) in [6.07, 6.45) is 1.95. The van der Waals surface area contributed by atoms with Crippen molar-refractivity contribution in [3.05, 3.63) is 216 Å². The predicted octanol–water partition coefficient (Wildman–Crippen LogP) is 21.4. The molecule has 0 atom stereocenters. The van der Waals surface area contributed by atoms with Crippen molar-refractivity contribution in [2.24, 2.45) is 0 Å². The van der Waals surface area contributed by atoms with Crippen LogP contribution in [0.1, 0.15) is 132 Å². The second kappa shape index (κ2) is 20.6. The first-order chi connectivity index (χ1) is 37.2. The van der Waals surface area contributed by atoms with E-state index in [2.05, 4.69) is 291 Å². The zero-order valence-corrected chi connectivity index (χ0v) is 49.9. The lowest BCUT2D eigenvalue weighted by Crippen LogP contribution is -2.17. The van der Waals surface area contributed by atoms with Crippen LogP contribution in [0, 0.1) is 0 Å².